The van der Waals surface area contributed by atoms with E-state index in [9.17, 15) is 4.79 Å². The Kier molecular flexibility index (Phi) is 6.72. The second-order valence-electron chi connectivity index (χ2n) is 7.93. The number of benzene rings is 1. The van der Waals surface area contributed by atoms with Crippen molar-refractivity contribution in [3.63, 3.8) is 0 Å². The first-order valence-electron chi connectivity index (χ1n) is 11.1. The van der Waals surface area contributed by atoms with Gasteiger partial charge < -0.3 is 19.5 Å². The predicted molar refractivity (Wildman–Crippen MR) is 130 cm³/mol. The molecule has 176 valence electrons. The van der Waals surface area contributed by atoms with Crippen molar-refractivity contribution in [1.82, 2.24) is 34.6 Å². The van der Waals surface area contributed by atoms with Gasteiger partial charge in [0.05, 0.1) is 37.7 Å². The lowest BCUT2D eigenvalue weighted by Gasteiger charge is -2.28. The molecule has 4 heterocycles. The molecule has 0 aliphatic carbocycles. The van der Waals surface area contributed by atoms with Gasteiger partial charge in [-0.2, -0.15) is 5.10 Å². The van der Waals surface area contributed by atoms with E-state index in [1.165, 1.54) is 11.8 Å². The number of nitrogens with one attached hydrogen (secondary N) is 1. The first kappa shape index (κ1) is 22.4. The average molecular weight is 479 g/mol. The molecule has 0 bridgehead atoms. The van der Waals surface area contributed by atoms with E-state index >= 15 is 0 Å². The molecule has 3 aromatic heterocycles. The van der Waals surface area contributed by atoms with E-state index < -0.39 is 0 Å². The lowest BCUT2D eigenvalue weighted by atomic mass is 10.1. The van der Waals surface area contributed by atoms with Crippen molar-refractivity contribution >= 4 is 34.5 Å². The van der Waals surface area contributed by atoms with E-state index in [0.717, 1.165) is 42.0 Å². The molecule has 10 nitrogen and oxygen atoms in total. The Balaban J connectivity index is 1.24. The third-order valence-corrected chi connectivity index (χ3v) is 6.25. The van der Waals surface area contributed by atoms with Crippen LogP contribution in [-0.4, -0.2) is 74.3 Å². The summed E-state index contributed by atoms with van der Waals surface area (Å²) in [6, 6.07) is 7.61. The summed E-state index contributed by atoms with van der Waals surface area (Å²) < 4.78 is 9.30. The molecule has 1 N–H and O–H groups in total. The zero-order chi connectivity index (χ0) is 23.3. The van der Waals surface area contributed by atoms with Crippen LogP contribution in [-0.2, 0) is 17.8 Å². The van der Waals surface area contributed by atoms with Gasteiger partial charge in [-0.1, -0.05) is 23.9 Å². The van der Waals surface area contributed by atoms with Crippen LogP contribution < -0.4 is 10.2 Å². The normalized spacial score (nSPS) is 14.0. The van der Waals surface area contributed by atoms with Gasteiger partial charge in [0.15, 0.2) is 10.8 Å². The number of carbonyl (C=O) groups is 1. The molecule has 0 saturated carbocycles. The molecule has 5 rings (SSSR count). The summed E-state index contributed by atoms with van der Waals surface area (Å²) in [5.41, 5.74) is 2.51. The highest BCUT2D eigenvalue weighted by Crippen LogP contribution is 2.27. The topological polar surface area (TPSA) is 103 Å². The number of imidazole rings is 1. The quantitative estimate of drug-likeness (QED) is 0.303. The molecular weight excluding hydrogens is 452 g/mol. The number of ether oxygens (including phenoxy) is 1. The molecule has 1 amide bonds. The largest absolute Gasteiger partial charge is 0.378 e. The lowest BCUT2D eigenvalue weighted by molar-refractivity contribution is 0.0952. The summed E-state index contributed by atoms with van der Waals surface area (Å²) in [4.78, 5) is 28.3. The standard InChI is InChI=1S/C23H26N8O2S/c1-34-23-27-20(30-10-12-33-13-11-30)19-14-26-31(21(19)28-23)9-7-25-22(32)18-4-2-17(3-5-18)15-29-8-6-24-16-29/h2-6,8,14,16H,7,9-13,15H2,1H3,(H,25,32). The maximum atomic E-state index is 12.6. The van der Waals surface area contributed by atoms with Crippen molar-refractivity contribution in [1.29, 1.82) is 0 Å². The fourth-order valence-electron chi connectivity index (χ4n) is 3.92. The van der Waals surface area contributed by atoms with E-state index in [0.29, 0.717) is 37.0 Å². The van der Waals surface area contributed by atoms with Gasteiger partial charge in [0.25, 0.3) is 5.91 Å². The summed E-state index contributed by atoms with van der Waals surface area (Å²) in [5, 5.41) is 9.13. The van der Waals surface area contributed by atoms with Gasteiger partial charge in [0.2, 0.25) is 0 Å². The Bertz CT molecular complexity index is 1250. The molecule has 34 heavy (non-hydrogen) atoms. The Hall–Kier alpha value is -3.44. The second-order valence-corrected chi connectivity index (χ2v) is 8.70. The van der Waals surface area contributed by atoms with Crippen molar-refractivity contribution < 1.29 is 9.53 Å². The SMILES string of the molecule is CSc1nc(N2CCOCC2)c2cnn(CCNC(=O)c3ccc(Cn4ccnc4)cc3)c2n1. The van der Waals surface area contributed by atoms with Crippen molar-refractivity contribution in [2.75, 3.05) is 44.0 Å². The molecular formula is C23H26N8O2S. The lowest BCUT2D eigenvalue weighted by Crippen LogP contribution is -2.37. The van der Waals surface area contributed by atoms with E-state index in [2.05, 4.69) is 25.3 Å². The number of fused-ring (bicyclic) bond motifs is 1. The minimum atomic E-state index is -0.112. The third kappa shape index (κ3) is 4.90. The number of anilines is 1. The van der Waals surface area contributed by atoms with Crippen LogP contribution in [0.15, 0.2) is 54.3 Å². The first-order valence-corrected chi connectivity index (χ1v) is 12.4. The van der Waals surface area contributed by atoms with Crippen LogP contribution in [0.3, 0.4) is 0 Å². The summed E-state index contributed by atoms with van der Waals surface area (Å²) in [7, 11) is 0. The van der Waals surface area contributed by atoms with Crippen molar-refractivity contribution in [2.24, 2.45) is 0 Å². The van der Waals surface area contributed by atoms with Crippen LogP contribution in [0.1, 0.15) is 15.9 Å². The monoisotopic (exact) mass is 478 g/mol. The maximum Gasteiger partial charge on any atom is 0.251 e. The molecule has 0 atom stereocenters. The van der Waals surface area contributed by atoms with Gasteiger partial charge in [-0.15, -0.1) is 0 Å². The van der Waals surface area contributed by atoms with Crippen LogP contribution >= 0.6 is 11.8 Å². The highest BCUT2D eigenvalue weighted by Gasteiger charge is 2.20. The predicted octanol–water partition coefficient (Wildman–Crippen LogP) is 2.06. The van der Waals surface area contributed by atoms with Gasteiger partial charge in [-0.05, 0) is 24.0 Å². The highest BCUT2D eigenvalue weighted by molar-refractivity contribution is 7.98. The smallest absolute Gasteiger partial charge is 0.251 e. The fourth-order valence-corrected chi connectivity index (χ4v) is 4.28. The van der Waals surface area contributed by atoms with Gasteiger partial charge in [0.1, 0.15) is 5.82 Å². The third-order valence-electron chi connectivity index (χ3n) is 5.70. The molecule has 1 fully saturated rings. The van der Waals surface area contributed by atoms with Crippen LogP contribution in [0, 0.1) is 0 Å². The number of morpholine rings is 1. The maximum absolute atomic E-state index is 12.6. The Morgan fingerprint density at radius 1 is 1.18 bits per heavy atom. The molecule has 0 unspecified atom stereocenters. The molecule has 0 spiro atoms. The number of rotatable bonds is 8. The zero-order valence-corrected chi connectivity index (χ0v) is 19.7. The van der Waals surface area contributed by atoms with E-state index in [1.54, 1.807) is 12.5 Å². The number of carbonyl (C=O) groups excluding carboxylic acids is 1. The number of nitrogens with zero attached hydrogens (tertiary/aromatic N) is 7. The van der Waals surface area contributed by atoms with Gasteiger partial charge >= 0.3 is 0 Å². The Morgan fingerprint density at radius 2 is 2.00 bits per heavy atom. The zero-order valence-electron chi connectivity index (χ0n) is 18.9. The van der Waals surface area contributed by atoms with Crippen LogP contribution in [0.2, 0.25) is 0 Å². The summed E-state index contributed by atoms with van der Waals surface area (Å²) in [6.45, 7) is 4.64. The van der Waals surface area contributed by atoms with Crippen molar-refractivity contribution in [2.45, 2.75) is 18.2 Å². The summed E-state index contributed by atoms with van der Waals surface area (Å²) in [6.07, 6.45) is 9.21. The molecule has 4 aromatic rings. The average Bonchev–Trinajstić information content (AvgIpc) is 3.54. The summed E-state index contributed by atoms with van der Waals surface area (Å²) in [5.74, 6) is 0.780. The van der Waals surface area contributed by atoms with E-state index in [4.69, 9.17) is 9.72 Å². The van der Waals surface area contributed by atoms with Crippen LogP contribution in [0.25, 0.3) is 11.0 Å². The highest BCUT2D eigenvalue weighted by atomic mass is 32.2. The molecule has 1 aromatic carbocycles. The number of aromatic nitrogens is 6. The number of amides is 1. The number of hydrogen-bond donors (Lipinski definition) is 1. The van der Waals surface area contributed by atoms with E-state index in [-0.39, 0.29) is 5.91 Å². The minimum Gasteiger partial charge on any atom is -0.378 e. The van der Waals surface area contributed by atoms with E-state index in [1.807, 2.05) is 52.2 Å². The van der Waals surface area contributed by atoms with Crippen molar-refractivity contribution in [3.8, 4) is 0 Å². The fraction of sp³-hybridized carbons (Fsp3) is 0.348. The van der Waals surface area contributed by atoms with Crippen LogP contribution in [0.5, 0.6) is 0 Å². The number of thioether (sulfide) groups is 1. The van der Waals surface area contributed by atoms with Gasteiger partial charge in [-0.3, -0.25) is 4.79 Å². The van der Waals surface area contributed by atoms with Gasteiger partial charge in [0, 0.05) is 44.1 Å². The first-order chi connectivity index (χ1) is 16.7. The summed E-state index contributed by atoms with van der Waals surface area (Å²) >= 11 is 1.51. The molecule has 0 radical (unpaired) electrons. The van der Waals surface area contributed by atoms with Crippen molar-refractivity contribution in [3.05, 3.63) is 60.3 Å². The minimum absolute atomic E-state index is 0.112. The Morgan fingerprint density at radius 3 is 2.74 bits per heavy atom. The molecule has 11 heteroatoms. The second kappa shape index (κ2) is 10.2. The Labute approximate surface area is 201 Å². The number of hydrogen-bond acceptors (Lipinski definition) is 8. The molecule has 1 aliphatic rings. The molecule has 1 saturated heterocycles. The van der Waals surface area contributed by atoms with Gasteiger partial charge in [-0.25, -0.2) is 19.6 Å². The van der Waals surface area contributed by atoms with Crippen LogP contribution in [0.4, 0.5) is 5.82 Å². The molecule has 1 aliphatic heterocycles.